The summed E-state index contributed by atoms with van der Waals surface area (Å²) >= 11 is 0. The quantitative estimate of drug-likeness (QED) is 0.677. The van der Waals surface area contributed by atoms with Crippen molar-refractivity contribution in [3.63, 3.8) is 0 Å². The van der Waals surface area contributed by atoms with Crippen molar-refractivity contribution in [1.82, 2.24) is 0 Å². The van der Waals surface area contributed by atoms with Crippen LogP contribution in [-0.4, -0.2) is 18.0 Å². The molecule has 6 heteroatoms. The Morgan fingerprint density at radius 2 is 2.09 bits per heavy atom. The number of nitrogens with one attached hydrogen (secondary N) is 1. The van der Waals surface area contributed by atoms with Crippen molar-refractivity contribution >= 4 is 23.6 Å². The highest BCUT2D eigenvalue weighted by molar-refractivity contribution is 5.97. The fourth-order valence-electron chi connectivity index (χ4n) is 1.73. The second-order valence-corrected chi connectivity index (χ2v) is 4.57. The summed E-state index contributed by atoms with van der Waals surface area (Å²) in [6.45, 7) is 1.45. The third kappa shape index (κ3) is 4.58. The Bertz CT molecular complexity index is 757. The molecule has 0 saturated heterocycles. The van der Waals surface area contributed by atoms with Crippen LogP contribution >= 0.6 is 0 Å². The summed E-state index contributed by atoms with van der Waals surface area (Å²) in [5, 5.41) is 11.5. The molecule has 1 N–H and O–H groups in total. The van der Waals surface area contributed by atoms with Gasteiger partial charge in [0.25, 0.3) is 5.91 Å². The minimum Gasteiger partial charge on any atom is -0.465 e. The summed E-state index contributed by atoms with van der Waals surface area (Å²) in [5.41, 5.74) is 0.700. The molecule has 23 heavy (non-hydrogen) atoms. The van der Waals surface area contributed by atoms with E-state index in [4.69, 9.17) is 14.4 Å². The number of ether oxygens (including phenoxy) is 1. The van der Waals surface area contributed by atoms with Crippen molar-refractivity contribution in [3.8, 4) is 6.07 Å². The molecule has 2 aromatic rings. The van der Waals surface area contributed by atoms with E-state index in [0.717, 1.165) is 0 Å². The van der Waals surface area contributed by atoms with Crippen LogP contribution in [0.4, 0.5) is 5.69 Å². The monoisotopic (exact) mass is 310 g/mol. The summed E-state index contributed by atoms with van der Waals surface area (Å²) < 4.78 is 10.0. The first-order valence-corrected chi connectivity index (χ1v) is 6.82. The maximum atomic E-state index is 12.0. The minimum atomic E-state index is -1.00. The van der Waals surface area contributed by atoms with Crippen molar-refractivity contribution in [2.45, 2.75) is 13.0 Å². The number of amides is 1. The van der Waals surface area contributed by atoms with Gasteiger partial charge in [-0.3, -0.25) is 4.79 Å². The zero-order valence-corrected chi connectivity index (χ0v) is 12.4. The fourth-order valence-corrected chi connectivity index (χ4v) is 1.73. The third-order valence-corrected chi connectivity index (χ3v) is 2.89. The highest BCUT2D eigenvalue weighted by atomic mass is 16.5. The Kier molecular flexibility index (Phi) is 5.31. The zero-order valence-electron chi connectivity index (χ0n) is 12.4. The zero-order chi connectivity index (χ0) is 16.7. The molecule has 1 atom stereocenters. The normalized spacial score (nSPS) is 11.7. The van der Waals surface area contributed by atoms with E-state index in [9.17, 15) is 9.59 Å². The van der Waals surface area contributed by atoms with Crippen LogP contribution in [0.2, 0.25) is 0 Å². The van der Waals surface area contributed by atoms with Gasteiger partial charge >= 0.3 is 5.97 Å². The van der Waals surface area contributed by atoms with Gasteiger partial charge in [-0.2, -0.15) is 5.26 Å². The molecule has 0 fully saturated rings. The van der Waals surface area contributed by atoms with E-state index >= 15 is 0 Å². The summed E-state index contributed by atoms with van der Waals surface area (Å²) in [6, 6.07) is 11.9. The number of esters is 1. The smallest absolute Gasteiger partial charge is 0.331 e. The van der Waals surface area contributed by atoms with Gasteiger partial charge in [0.05, 0.1) is 17.5 Å². The van der Waals surface area contributed by atoms with E-state index in [0.29, 0.717) is 17.0 Å². The Morgan fingerprint density at radius 3 is 2.78 bits per heavy atom. The van der Waals surface area contributed by atoms with Crippen LogP contribution in [0.25, 0.3) is 6.08 Å². The van der Waals surface area contributed by atoms with E-state index in [1.807, 2.05) is 6.07 Å². The first-order valence-electron chi connectivity index (χ1n) is 6.82. The number of carbonyl (C=O) groups is 2. The predicted molar refractivity (Wildman–Crippen MR) is 83.1 cm³/mol. The lowest BCUT2D eigenvalue weighted by Crippen LogP contribution is -2.29. The van der Waals surface area contributed by atoms with Crippen LogP contribution in [0.3, 0.4) is 0 Å². The van der Waals surface area contributed by atoms with E-state index in [1.54, 1.807) is 36.4 Å². The Hall–Kier alpha value is -3.33. The summed E-state index contributed by atoms with van der Waals surface area (Å²) in [5.74, 6) is -0.688. The van der Waals surface area contributed by atoms with Crippen LogP contribution in [0.15, 0.2) is 53.2 Å². The van der Waals surface area contributed by atoms with Crippen LogP contribution in [-0.2, 0) is 14.3 Å². The molecule has 6 nitrogen and oxygen atoms in total. The number of nitriles is 1. The molecule has 0 saturated carbocycles. The molecule has 1 aromatic carbocycles. The number of hydrogen-bond donors (Lipinski definition) is 1. The lowest BCUT2D eigenvalue weighted by atomic mass is 10.2. The Balaban J connectivity index is 1.92. The molecular formula is C17H14N2O4. The van der Waals surface area contributed by atoms with Gasteiger partial charge in [-0.1, -0.05) is 12.1 Å². The second kappa shape index (κ2) is 7.61. The molecule has 1 heterocycles. The average Bonchev–Trinajstić information content (AvgIpc) is 3.06. The molecule has 0 bridgehead atoms. The first-order chi connectivity index (χ1) is 11.1. The number of furan rings is 1. The number of rotatable bonds is 5. The summed E-state index contributed by atoms with van der Waals surface area (Å²) in [7, 11) is 0. The standard InChI is InChI=1S/C17H14N2O4/c1-12(23-16(20)9-8-14-6-4-10-22-14)17(21)19-15-7-3-2-5-13(15)11-18/h2-10,12H,1H3,(H,19,21)/b9-8+/t12-/m0/s1. The van der Waals surface area contributed by atoms with Crippen molar-refractivity contribution in [2.75, 3.05) is 5.32 Å². The van der Waals surface area contributed by atoms with Gasteiger partial charge in [-0.15, -0.1) is 0 Å². The summed E-state index contributed by atoms with van der Waals surface area (Å²) in [4.78, 5) is 23.7. The van der Waals surface area contributed by atoms with Crippen LogP contribution < -0.4 is 5.32 Å². The van der Waals surface area contributed by atoms with Gasteiger partial charge in [-0.05, 0) is 37.3 Å². The Labute approximate surface area is 133 Å². The molecule has 0 unspecified atom stereocenters. The molecule has 0 spiro atoms. The summed E-state index contributed by atoms with van der Waals surface area (Å²) in [6.07, 6.45) is 3.09. The molecule has 1 amide bonds. The van der Waals surface area contributed by atoms with E-state index in [-0.39, 0.29) is 0 Å². The number of carbonyl (C=O) groups excluding carboxylic acids is 2. The molecule has 2 rings (SSSR count). The van der Waals surface area contributed by atoms with Gasteiger partial charge < -0.3 is 14.5 Å². The average molecular weight is 310 g/mol. The van der Waals surface area contributed by atoms with Gasteiger partial charge in [0, 0.05) is 6.08 Å². The molecule has 1 aromatic heterocycles. The fraction of sp³-hybridized carbons (Fsp3) is 0.118. The molecule has 116 valence electrons. The lowest BCUT2D eigenvalue weighted by Gasteiger charge is -2.13. The molecule has 0 radical (unpaired) electrons. The van der Waals surface area contributed by atoms with Crippen molar-refractivity contribution < 1.29 is 18.7 Å². The van der Waals surface area contributed by atoms with Crippen molar-refractivity contribution in [2.24, 2.45) is 0 Å². The van der Waals surface area contributed by atoms with Crippen LogP contribution in [0, 0.1) is 11.3 Å². The van der Waals surface area contributed by atoms with E-state index < -0.39 is 18.0 Å². The van der Waals surface area contributed by atoms with Crippen LogP contribution in [0.1, 0.15) is 18.2 Å². The number of benzene rings is 1. The first kappa shape index (κ1) is 16.0. The maximum Gasteiger partial charge on any atom is 0.331 e. The van der Waals surface area contributed by atoms with Gasteiger partial charge in [0.1, 0.15) is 11.8 Å². The number of anilines is 1. The van der Waals surface area contributed by atoms with Crippen molar-refractivity contribution in [3.05, 3.63) is 60.1 Å². The highest BCUT2D eigenvalue weighted by Crippen LogP contribution is 2.14. The van der Waals surface area contributed by atoms with E-state index in [2.05, 4.69) is 5.32 Å². The van der Waals surface area contributed by atoms with Crippen molar-refractivity contribution in [1.29, 1.82) is 5.26 Å². The lowest BCUT2D eigenvalue weighted by molar-refractivity contribution is -0.148. The molecule has 0 aliphatic rings. The number of para-hydroxylation sites is 1. The largest absolute Gasteiger partial charge is 0.465 e. The second-order valence-electron chi connectivity index (χ2n) is 4.57. The third-order valence-electron chi connectivity index (χ3n) is 2.89. The molecule has 0 aliphatic heterocycles. The SMILES string of the molecule is C[C@H](OC(=O)/C=C/c1ccco1)C(=O)Nc1ccccc1C#N. The van der Waals surface area contributed by atoms with Crippen LogP contribution in [0.5, 0.6) is 0 Å². The van der Waals surface area contributed by atoms with Gasteiger partial charge in [0.15, 0.2) is 6.10 Å². The maximum absolute atomic E-state index is 12.0. The van der Waals surface area contributed by atoms with Gasteiger partial charge in [0.2, 0.25) is 0 Å². The molecule has 0 aliphatic carbocycles. The Morgan fingerprint density at radius 1 is 1.30 bits per heavy atom. The number of nitrogens with zero attached hydrogens (tertiary/aromatic N) is 1. The predicted octanol–water partition coefficient (Wildman–Crippen LogP) is 2.73. The minimum absolute atomic E-state index is 0.331. The van der Waals surface area contributed by atoms with E-state index in [1.165, 1.54) is 25.3 Å². The topological polar surface area (TPSA) is 92.3 Å². The molecular weight excluding hydrogens is 296 g/mol. The number of hydrogen-bond acceptors (Lipinski definition) is 5. The highest BCUT2D eigenvalue weighted by Gasteiger charge is 2.17. The van der Waals surface area contributed by atoms with Gasteiger partial charge in [-0.25, -0.2) is 4.79 Å².